The van der Waals surface area contributed by atoms with E-state index < -0.39 is 0 Å². The van der Waals surface area contributed by atoms with Crippen molar-refractivity contribution in [1.82, 2.24) is 0 Å². The Morgan fingerprint density at radius 1 is 1.62 bits per heavy atom. The van der Waals surface area contributed by atoms with Crippen molar-refractivity contribution in [2.75, 3.05) is 6.61 Å². The zero-order chi connectivity index (χ0) is 5.61. The lowest BCUT2D eigenvalue weighted by molar-refractivity contribution is 0.303. The average Bonchev–Trinajstić information content (AvgIpc) is 2.34. The minimum Gasteiger partial charge on any atom is -0.370 e. The lowest BCUT2D eigenvalue weighted by atomic mass is 10.1. The van der Waals surface area contributed by atoms with Gasteiger partial charge in [0, 0.05) is 0 Å². The predicted octanol–water partition coefficient (Wildman–Crippen LogP) is 1.58. The van der Waals surface area contributed by atoms with Gasteiger partial charge in [0.15, 0.2) is 0 Å². The van der Waals surface area contributed by atoms with E-state index in [9.17, 15) is 0 Å². The maximum absolute atomic E-state index is 5.33. The Bertz CT molecular complexity index is 105. The molecule has 1 heteroatoms. The van der Waals surface area contributed by atoms with E-state index in [1.165, 1.54) is 19.3 Å². The van der Waals surface area contributed by atoms with Gasteiger partial charge < -0.3 is 4.74 Å². The molecule has 2 aliphatic rings. The molecule has 1 aliphatic heterocycles. The molecular weight excluding hydrogens is 100 g/mol. The Balaban J connectivity index is 2.03. The fourth-order valence-electron chi connectivity index (χ4n) is 1.71. The zero-order valence-electron chi connectivity index (χ0n) is 5.31. The van der Waals surface area contributed by atoms with E-state index in [0.29, 0.717) is 5.60 Å². The van der Waals surface area contributed by atoms with Gasteiger partial charge in [-0.1, -0.05) is 6.92 Å². The van der Waals surface area contributed by atoms with Crippen LogP contribution in [0.1, 0.15) is 26.2 Å². The van der Waals surface area contributed by atoms with Crippen molar-refractivity contribution >= 4 is 0 Å². The summed E-state index contributed by atoms with van der Waals surface area (Å²) >= 11 is 0. The minimum absolute atomic E-state index is 0.416. The van der Waals surface area contributed by atoms with Crippen molar-refractivity contribution in [2.45, 2.75) is 31.8 Å². The molecule has 1 nitrogen and oxygen atoms in total. The predicted molar refractivity (Wildman–Crippen MR) is 31.7 cm³/mol. The summed E-state index contributed by atoms with van der Waals surface area (Å²) < 4.78 is 5.33. The third kappa shape index (κ3) is 0.576. The molecule has 2 rings (SSSR count). The summed E-state index contributed by atoms with van der Waals surface area (Å²) in [5, 5.41) is 0. The molecule has 46 valence electrons. The summed E-state index contributed by atoms with van der Waals surface area (Å²) in [7, 11) is 0. The van der Waals surface area contributed by atoms with Crippen molar-refractivity contribution in [3.8, 4) is 0 Å². The number of ether oxygens (including phenoxy) is 1. The normalized spacial score (nSPS) is 52.9. The van der Waals surface area contributed by atoms with Crippen LogP contribution in [0.2, 0.25) is 0 Å². The second-order valence-electron chi connectivity index (χ2n) is 3.32. The first-order valence-corrected chi connectivity index (χ1v) is 3.45. The summed E-state index contributed by atoms with van der Waals surface area (Å²) in [6.45, 7) is 3.37. The highest BCUT2D eigenvalue weighted by molar-refractivity contribution is 4.98. The van der Waals surface area contributed by atoms with E-state index in [1.54, 1.807) is 0 Å². The SMILES string of the molecule is CC1CCC2(CO2)C1. The van der Waals surface area contributed by atoms with Crippen molar-refractivity contribution in [1.29, 1.82) is 0 Å². The zero-order valence-corrected chi connectivity index (χ0v) is 5.31. The van der Waals surface area contributed by atoms with E-state index in [2.05, 4.69) is 6.92 Å². The van der Waals surface area contributed by atoms with E-state index in [-0.39, 0.29) is 0 Å². The summed E-state index contributed by atoms with van der Waals surface area (Å²) in [4.78, 5) is 0. The third-order valence-corrected chi connectivity index (χ3v) is 2.37. The van der Waals surface area contributed by atoms with Crippen molar-refractivity contribution in [3.05, 3.63) is 0 Å². The van der Waals surface area contributed by atoms with Crippen LogP contribution < -0.4 is 0 Å². The summed E-state index contributed by atoms with van der Waals surface area (Å²) in [5.41, 5.74) is 0.416. The lowest BCUT2D eigenvalue weighted by Gasteiger charge is -1.97. The van der Waals surface area contributed by atoms with E-state index in [1.807, 2.05) is 0 Å². The van der Waals surface area contributed by atoms with Gasteiger partial charge in [-0.05, 0) is 25.2 Å². The van der Waals surface area contributed by atoms with Gasteiger partial charge in [-0.25, -0.2) is 0 Å². The van der Waals surface area contributed by atoms with Gasteiger partial charge in [0.1, 0.15) is 0 Å². The molecule has 0 aromatic heterocycles. The number of hydrogen-bond acceptors (Lipinski definition) is 1. The monoisotopic (exact) mass is 112 g/mol. The molecule has 0 aromatic carbocycles. The summed E-state index contributed by atoms with van der Waals surface area (Å²) in [6, 6.07) is 0. The molecule has 1 saturated heterocycles. The largest absolute Gasteiger partial charge is 0.370 e. The molecule has 0 N–H and O–H groups in total. The van der Waals surface area contributed by atoms with Crippen LogP contribution in [0.3, 0.4) is 0 Å². The molecule has 1 aliphatic carbocycles. The van der Waals surface area contributed by atoms with Crippen molar-refractivity contribution in [2.24, 2.45) is 5.92 Å². The maximum Gasteiger partial charge on any atom is 0.0919 e. The van der Waals surface area contributed by atoms with Gasteiger partial charge >= 0.3 is 0 Å². The van der Waals surface area contributed by atoms with Gasteiger partial charge in [0.2, 0.25) is 0 Å². The molecule has 0 radical (unpaired) electrons. The molecule has 8 heavy (non-hydrogen) atoms. The lowest BCUT2D eigenvalue weighted by Crippen LogP contribution is -2.02. The molecule has 0 aromatic rings. The molecule has 1 saturated carbocycles. The number of hydrogen-bond donors (Lipinski definition) is 0. The fraction of sp³-hybridized carbons (Fsp3) is 1.00. The quantitative estimate of drug-likeness (QED) is 0.433. The van der Waals surface area contributed by atoms with Gasteiger partial charge in [0.05, 0.1) is 12.2 Å². The highest BCUT2D eigenvalue weighted by Gasteiger charge is 2.48. The standard InChI is InChI=1S/C7H12O/c1-6-2-3-7(4-6)5-8-7/h6H,2-5H2,1H3. The van der Waals surface area contributed by atoms with Gasteiger partial charge in [0.25, 0.3) is 0 Å². The summed E-state index contributed by atoms with van der Waals surface area (Å²) in [5.74, 6) is 0.928. The highest BCUT2D eigenvalue weighted by atomic mass is 16.6. The molecule has 2 fully saturated rings. The van der Waals surface area contributed by atoms with Gasteiger partial charge in [-0.3, -0.25) is 0 Å². The summed E-state index contributed by atoms with van der Waals surface area (Å²) in [6.07, 6.45) is 4.04. The van der Waals surface area contributed by atoms with Crippen molar-refractivity contribution in [3.63, 3.8) is 0 Å². The third-order valence-electron chi connectivity index (χ3n) is 2.37. The van der Waals surface area contributed by atoms with Crippen LogP contribution in [0.25, 0.3) is 0 Å². The van der Waals surface area contributed by atoms with Crippen LogP contribution in [0.4, 0.5) is 0 Å². The molecule has 0 amide bonds. The molecule has 1 spiro atoms. The van der Waals surface area contributed by atoms with Gasteiger partial charge in [-0.2, -0.15) is 0 Å². The van der Waals surface area contributed by atoms with Crippen LogP contribution in [0.15, 0.2) is 0 Å². The Labute approximate surface area is 50.0 Å². The number of rotatable bonds is 0. The molecular formula is C7H12O. The molecule has 0 bridgehead atoms. The topological polar surface area (TPSA) is 12.5 Å². The van der Waals surface area contributed by atoms with Crippen LogP contribution >= 0.6 is 0 Å². The number of epoxide rings is 1. The first-order chi connectivity index (χ1) is 3.81. The van der Waals surface area contributed by atoms with Crippen molar-refractivity contribution < 1.29 is 4.74 Å². The van der Waals surface area contributed by atoms with Crippen LogP contribution in [-0.4, -0.2) is 12.2 Å². The van der Waals surface area contributed by atoms with E-state index in [4.69, 9.17) is 4.74 Å². The first-order valence-electron chi connectivity index (χ1n) is 3.45. The van der Waals surface area contributed by atoms with Crippen LogP contribution in [0.5, 0.6) is 0 Å². The second kappa shape index (κ2) is 1.27. The Morgan fingerprint density at radius 3 is 2.62 bits per heavy atom. The van der Waals surface area contributed by atoms with E-state index in [0.717, 1.165) is 12.5 Å². The van der Waals surface area contributed by atoms with Gasteiger partial charge in [-0.15, -0.1) is 0 Å². The average molecular weight is 112 g/mol. The Morgan fingerprint density at radius 2 is 2.38 bits per heavy atom. The van der Waals surface area contributed by atoms with Crippen LogP contribution in [-0.2, 0) is 4.74 Å². The molecule has 2 atom stereocenters. The Hall–Kier alpha value is -0.0400. The fourth-order valence-corrected chi connectivity index (χ4v) is 1.71. The smallest absolute Gasteiger partial charge is 0.0919 e. The first kappa shape index (κ1) is 4.80. The maximum atomic E-state index is 5.33. The second-order valence-corrected chi connectivity index (χ2v) is 3.32. The molecule has 2 unspecified atom stereocenters. The van der Waals surface area contributed by atoms with Crippen LogP contribution in [0, 0.1) is 5.92 Å². The van der Waals surface area contributed by atoms with E-state index >= 15 is 0 Å². The Kier molecular flexibility index (Phi) is 0.762. The molecule has 1 heterocycles. The minimum atomic E-state index is 0.416. The highest BCUT2D eigenvalue weighted by Crippen LogP contribution is 2.45.